The number of nitrogen functional groups attached to an aromatic ring is 1. The molecule has 17 heavy (non-hydrogen) atoms. The van der Waals surface area contributed by atoms with Crippen LogP contribution in [-0.4, -0.2) is 24.4 Å². The highest BCUT2D eigenvalue weighted by molar-refractivity contribution is 9.10. The van der Waals surface area contributed by atoms with E-state index in [-0.39, 0.29) is 5.91 Å². The molecule has 4 heteroatoms. The zero-order chi connectivity index (χ0) is 12.4. The summed E-state index contributed by atoms with van der Waals surface area (Å²) in [5.41, 5.74) is 6.98. The molecule has 92 valence electrons. The Hall–Kier alpha value is -1.03. The maximum absolute atomic E-state index is 12.2. The molecule has 0 heterocycles. The molecule has 0 radical (unpaired) electrons. The predicted molar refractivity (Wildman–Crippen MR) is 72.9 cm³/mol. The minimum Gasteiger partial charge on any atom is -0.399 e. The fourth-order valence-corrected chi connectivity index (χ4v) is 2.47. The van der Waals surface area contributed by atoms with Gasteiger partial charge in [0.15, 0.2) is 0 Å². The second kappa shape index (κ2) is 5.08. The van der Waals surface area contributed by atoms with Gasteiger partial charge in [-0.1, -0.05) is 6.42 Å². The van der Waals surface area contributed by atoms with E-state index >= 15 is 0 Å². The molecule has 3 nitrogen and oxygen atoms in total. The number of carbonyl (C=O) groups excluding carboxylic acids is 1. The van der Waals surface area contributed by atoms with Crippen LogP contribution in [0.3, 0.4) is 0 Å². The molecule has 0 aromatic heterocycles. The summed E-state index contributed by atoms with van der Waals surface area (Å²) in [6.07, 6.45) is 3.79. The van der Waals surface area contributed by atoms with Crippen LogP contribution < -0.4 is 5.73 Å². The molecule has 1 aliphatic rings. The van der Waals surface area contributed by atoms with Gasteiger partial charge in [0.2, 0.25) is 0 Å². The molecule has 1 amide bonds. The third-order valence-corrected chi connectivity index (χ3v) is 4.02. The third-order valence-electron chi connectivity index (χ3n) is 3.32. The van der Waals surface area contributed by atoms with Gasteiger partial charge < -0.3 is 10.6 Å². The van der Waals surface area contributed by atoms with Gasteiger partial charge in [-0.3, -0.25) is 4.79 Å². The Labute approximate surface area is 110 Å². The van der Waals surface area contributed by atoms with Crippen molar-refractivity contribution in [1.82, 2.24) is 4.90 Å². The molecule has 0 unspecified atom stereocenters. The van der Waals surface area contributed by atoms with Crippen LogP contribution in [0.25, 0.3) is 0 Å². The lowest BCUT2D eigenvalue weighted by atomic mass is 9.85. The molecule has 1 saturated carbocycles. The van der Waals surface area contributed by atoms with E-state index in [1.54, 1.807) is 17.0 Å². The zero-order valence-electron chi connectivity index (χ0n) is 9.95. The molecule has 0 bridgehead atoms. The highest BCUT2D eigenvalue weighted by Crippen LogP contribution is 2.28. The Bertz CT molecular complexity index is 429. The Balaban J connectivity index is 2.09. The van der Waals surface area contributed by atoms with E-state index in [1.807, 2.05) is 13.1 Å². The summed E-state index contributed by atoms with van der Waals surface area (Å²) in [6.45, 7) is 0.847. The minimum absolute atomic E-state index is 0.0380. The summed E-state index contributed by atoms with van der Waals surface area (Å²) in [6, 6.07) is 5.33. The first-order chi connectivity index (χ1) is 8.08. The molecule has 0 aliphatic heterocycles. The summed E-state index contributed by atoms with van der Waals surface area (Å²) in [5, 5.41) is 0. The van der Waals surface area contributed by atoms with E-state index in [4.69, 9.17) is 5.73 Å². The first-order valence-electron chi connectivity index (χ1n) is 5.88. The highest BCUT2D eigenvalue weighted by Gasteiger charge is 2.22. The monoisotopic (exact) mass is 296 g/mol. The molecule has 2 N–H and O–H groups in total. The van der Waals surface area contributed by atoms with Crippen molar-refractivity contribution in [2.24, 2.45) is 5.92 Å². The molecule has 0 atom stereocenters. The van der Waals surface area contributed by atoms with Crippen LogP contribution in [-0.2, 0) is 0 Å². The van der Waals surface area contributed by atoms with Crippen molar-refractivity contribution in [2.45, 2.75) is 19.3 Å². The number of halogens is 1. The largest absolute Gasteiger partial charge is 0.399 e. The number of hydrogen-bond donors (Lipinski definition) is 1. The van der Waals surface area contributed by atoms with Crippen LogP contribution >= 0.6 is 15.9 Å². The van der Waals surface area contributed by atoms with Crippen LogP contribution in [0.5, 0.6) is 0 Å². The van der Waals surface area contributed by atoms with Gasteiger partial charge in [0.1, 0.15) is 0 Å². The van der Waals surface area contributed by atoms with E-state index in [0.29, 0.717) is 17.2 Å². The third kappa shape index (κ3) is 2.80. The Morgan fingerprint density at radius 2 is 2.24 bits per heavy atom. The van der Waals surface area contributed by atoms with Crippen molar-refractivity contribution in [2.75, 3.05) is 19.3 Å². The normalized spacial score (nSPS) is 15.4. The quantitative estimate of drug-likeness (QED) is 0.872. The minimum atomic E-state index is 0.0380. The fourth-order valence-electron chi connectivity index (χ4n) is 2.06. The molecule has 1 aliphatic carbocycles. The van der Waals surface area contributed by atoms with Crippen LogP contribution in [0.2, 0.25) is 0 Å². The average molecular weight is 297 g/mol. The lowest BCUT2D eigenvalue weighted by Crippen LogP contribution is -2.34. The molecule has 2 rings (SSSR count). The second-order valence-electron chi connectivity index (χ2n) is 4.72. The van der Waals surface area contributed by atoms with Crippen molar-refractivity contribution in [3.63, 3.8) is 0 Å². The predicted octanol–water partition coefficient (Wildman–Crippen LogP) is 2.90. The maximum atomic E-state index is 12.2. The van der Waals surface area contributed by atoms with E-state index in [2.05, 4.69) is 15.9 Å². The molecular formula is C13H17BrN2O. The molecule has 1 aromatic rings. The fraction of sp³-hybridized carbons (Fsp3) is 0.462. The average Bonchev–Trinajstić information content (AvgIpc) is 2.25. The SMILES string of the molecule is CN(CC1CCC1)C(=O)c1cc(N)ccc1Br. The van der Waals surface area contributed by atoms with Gasteiger partial charge in [-0.05, 0) is 52.9 Å². The summed E-state index contributed by atoms with van der Waals surface area (Å²) >= 11 is 3.39. The zero-order valence-corrected chi connectivity index (χ0v) is 11.5. The second-order valence-corrected chi connectivity index (χ2v) is 5.58. The van der Waals surface area contributed by atoms with Crippen LogP contribution in [0.15, 0.2) is 22.7 Å². The number of anilines is 1. The summed E-state index contributed by atoms with van der Waals surface area (Å²) in [4.78, 5) is 14.0. The van der Waals surface area contributed by atoms with Gasteiger partial charge in [-0.2, -0.15) is 0 Å². The van der Waals surface area contributed by atoms with Crippen LogP contribution in [0.4, 0.5) is 5.69 Å². The van der Waals surface area contributed by atoms with Gasteiger partial charge in [0.05, 0.1) is 5.56 Å². The molecule has 1 aromatic carbocycles. The van der Waals surface area contributed by atoms with Crippen molar-refractivity contribution < 1.29 is 4.79 Å². The van der Waals surface area contributed by atoms with E-state index in [1.165, 1.54) is 19.3 Å². The van der Waals surface area contributed by atoms with Crippen molar-refractivity contribution in [3.05, 3.63) is 28.2 Å². The number of amides is 1. The van der Waals surface area contributed by atoms with Crippen LogP contribution in [0, 0.1) is 5.92 Å². The first-order valence-corrected chi connectivity index (χ1v) is 6.67. The molecule has 1 fully saturated rings. The van der Waals surface area contributed by atoms with Crippen molar-refractivity contribution in [1.29, 1.82) is 0 Å². The Morgan fingerprint density at radius 1 is 1.53 bits per heavy atom. The van der Waals surface area contributed by atoms with Gasteiger partial charge >= 0.3 is 0 Å². The van der Waals surface area contributed by atoms with Gasteiger partial charge in [-0.25, -0.2) is 0 Å². The van der Waals surface area contributed by atoms with Crippen molar-refractivity contribution in [3.8, 4) is 0 Å². The summed E-state index contributed by atoms with van der Waals surface area (Å²) < 4.78 is 0.803. The smallest absolute Gasteiger partial charge is 0.254 e. The lowest BCUT2D eigenvalue weighted by Gasteiger charge is -2.30. The summed E-state index contributed by atoms with van der Waals surface area (Å²) in [5.74, 6) is 0.722. The number of hydrogen-bond acceptors (Lipinski definition) is 2. The maximum Gasteiger partial charge on any atom is 0.254 e. The van der Waals surface area contributed by atoms with Gasteiger partial charge in [-0.15, -0.1) is 0 Å². The highest BCUT2D eigenvalue weighted by atomic mass is 79.9. The molecule has 0 spiro atoms. The number of nitrogens with two attached hydrogens (primary N) is 1. The number of nitrogens with zero attached hydrogens (tertiary/aromatic N) is 1. The van der Waals surface area contributed by atoms with E-state index in [0.717, 1.165) is 11.0 Å². The number of benzene rings is 1. The van der Waals surface area contributed by atoms with E-state index in [9.17, 15) is 4.79 Å². The summed E-state index contributed by atoms with van der Waals surface area (Å²) in [7, 11) is 1.86. The topological polar surface area (TPSA) is 46.3 Å². The Morgan fingerprint density at radius 3 is 2.82 bits per heavy atom. The van der Waals surface area contributed by atoms with Gasteiger partial charge in [0, 0.05) is 23.8 Å². The Kier molecular flexibility index (Phi) is 3.72. The van der Waals surface area contributed by atoms with Gasteiger partial charge in [0.25, 0.3) is 5.91 Å². The standard InChI is InChI=1S/C13H17BrN2O/c1-16(8-9-3-2-4-9)13(17)11-7-10(15)5-6-12(11)14/h5-7,9H,2-4,8,15H2,1H3. The lowest BCUT2D eigenvalue weighted by molar-refractivity contribution is 0.0744. The molecule has 0 saturated heterocycles. The van der Waals surface area contributed by atoms with Crippen LogP contribution in [0.1, 0.15) is 29.6 Å². The number of rotatable bonds is 3. The van der Waals surface area contributed by atoms with E-state index < -0.39 is 0 Å². The number of carbonyl (C=O) groups is 1. The first kappa shape index (κ1) is 12.4. The van der Waals surface area contributed by atoms with Crippen molar-refractivity contribution >= 4 is 27.5 Å². The molecular weight excluding hydrogens is 280 g/mol.